The summed E-state index contributed by atoms with van der Waals surface area (Å²) in [4.78, 5) is 50.5. The number of carbonyl (C=O) groups excluding carboxylic acids is 1. The van der Waals surface area contributed by atoms with E-state index in [-0.39, 0.29) is 12.6 Å². The van der Waals surface area contributed by atoms with Crippen molar-refractivity contribution in [3.05, 3.63) is 291 Å². The van der Waals surface area contributed by atoms with E-state index in [0.29, 0.717) is 74.2 Å². The van der Waals surface area contributed by atoms with Crippen molar-refractivity contribution in [1.29, 1.82) is 0 Å². The standard InChI is InChI=1S/C31H33N9.C20H23N7.C13H14N2O2.C11H10N2O.C9H9BrO2.C4H6N2/c1-20-14-33-40(16-20)27-7-4-23(5-8-27)17-39-28-13-29(39)19-38(18-28)30-9-6-24(15-32-30)31-34-21(2)10-25(35-31)12-26-11-22(3)36-37-26;1-12-5-17(21-8-12)25-18-6-13(2)23-20(26-18)14-3-4-19(22-9-14)27-10-15-7-16(11-27)24-15;1-10-8-14-15(9-10)12-4-2-11(3-5-12)13-16-6-7-17-13;1-9-6-12-13(7-9)11-4-2-10(8-14)3-5-11;10-8-3-1-7(2-4-8)9-11-5-6-12-9;1-4-2-5-6-3-4/h4-11,14-16,28-29H,12-13,17-19H2,1-3H3,(H,36,37);3-6,9,15-16,24H,7-8,10-11H2,1-2H3,(H,21,23,25,26);2-5,8-9,13H,6-7H2,1H3;2-8H,1H3;1-4,9H,5-6H2;2-3H,1H3,(H,5,6). The van der Waals surface area contributed by atoms with Gasteiger partial charge in [-0.1, -0.05) is 52.3 Å². The number of benzene rings is 4. The number of aldehydes is 1. The normalized spacial score (nSPS) is 17.9. The van der Waals surface area contributed by atoms with Crippen LogP contribution in [0.3, 0.4) is 0 Å². The predicted octanol–water partition coefficient (Wildman–Crippen LogP) is 14.0. The van der Waals surface area contributed by atoms with Crippen LogP contribution in [0.15, 0.2) is 223 Å². The van der Waals surface area contributed by atoms with E-state index in [0.717, 1.165) is 152 Å². The first-order valence-electron chi connectivity index (χ1n) is 39.1. The Morgan fingerprint density at radius 3 is 1.51 bits per heavy atom. The number of aryl methyl sites for hydroxylation is 7. The highest BCUT2D eigenvalue weighted by molar-refractivity contribution is 9.10. The van der Waals surface area contributed by atoms with Crippen molar-refractivity contribution in [3.63, 3.8) is 0 Å². The number of fused-ring (bicyclic) bond motifs is 4. The quantitative estimate of drug-likeness (QED) is 0.0694. The van der Waals surface area contributed by atoms with E-state index < -0.39 is 0 Å². The summed E-state index contributed by atoms with van der Waals surface area (Å²) in [6, 6.07) is 48.8. The molecule has 9 aromatic heterocycles. The second kappa shape index (κ2) is 37.2. The molecular weight excluding hydrogens is 1530 g/mol. The molecule has 27 nitrogen and oxygen atoms in total. The van der Waals surface area contributed by atoms with Crippen molar-refractivity contribution in [2.45, 2.75) is 118 Å². The highest BCUT2D eigenvalue weighted by Gasteiger charge is 2.45. The van der Waals surface area contributed by atoms with Crippen LogP contribution in [-0.2, 0) is 31.9 Å². The Hall–Kier alpha value is -11.9. The number of aromatic amines is 2. The summed E-state index contributed by atoms with van der Waals surface area (Å²) in [6.07, 6.45) is 24.7. The Balaban J connectivity index is 0.000000120. The molecule has 4 bridgehead atoms. The van der Waals surface area contributed by atoms with Gasteiger partial charge in [-0.05, 0) is 205 Å². The number of piperazine rings is 2. The molecule has 0 spiro atoms. The van der Waals surface area contributed by atoms with E-state index in [1.54, 1.807) is 29.2 Å². The lowest BCUT2D eigenvalue weighted by atomic mass is 9.86. The zero-order chi connectivity index (χ0) is 80.0. The Bertz CT molecular complexity index is 5420. The van der Waals surface area contributed by atoms with E-state index in [2.05, 4.69) is 177 Å². The molecule has 4 atom stereocenters. The first-order valence-corrected chi connectivity index (χ1v) is 39.9. The molecule has 4 aromatic carbocycles. The van der Waals surface area contributed by atoms with Gasteiger partial charge >= 0.3 is 0 Å². The Kier molecular flexibility index (Phi) is 25.4. The molecule has 18 heterocycles. The number of hydrogen-bond acceptors (Lipinski definition) is 22. The predicted molar refractivity (Wildman–Crippen MR) is 450 cm³/mol. The molecule has 13 aromatic rings. The Morgan fingerprint density at radius 1 is 0.534 bits per heavy atom. The largest absolute Gasteiger partial charge is 0.353 e. The van der Waals surface area contributed by atoms with Crippen LogP contribution in [-0.4, -0.2) is 180 Å². The molecule has 0 amide bonds. The average Bonchev–Trinajstić information content (AvgIpc) is 1.09. The molecule has 0 saturated carbocycles. The summed E-state index contributed by atoms with van der Waals surface area (Å²) in [5.41, 5.74) is 19.8. The second-order valence-corrected chi connectivity index (χ2v) is 31.0. The molecular formula is C88H95BrN22O5. The van der Waals surface area contributed by atoms with Gasteiger partial charge in [0.05, 0.1) is 86.2 Å². The molecule has 0 aliphatic carbocycles. The summed E-state index contributed by atoms with van der Waals surface area (Å²) in [7, 11) is 0. The number of piperidine rings is 2. The number of nitrogens with zero attached hydrogens (tertiary/aromatic N) is 18. The fourth-order valence-electron chi connectivity index (χ4n) is 14.5. The lowest BCUT2D eigenvalue weighted by molar-refractivity contribution is -0.0443. The van der Waals surface area contributed by atoms with E-state index in [9.17, 15) is 4.79 Å². The number of aliphatic imine (C=N–C) groups is 1. The average molecular weight is 1620 g/mol. The van der Waals surface area contributed by atoms with E-state index in [1.807, 2.05) is 173 Å². The third-order valence-electron chi connectivity index (χ3n) is 20.4. The van der Waals surface area contributed by atoms with E-state index in [1.165, 1.54) is 35.1 Å². The van der Waals surface area contributed by atoms with Crippen molar-refractivity contribution in [2.75, 3.05) is 74.3 Å². The zero-order valence-corrected chi connectivity index (χ0v) is 67.9. The molecule has 4 unspecified atom stereocenters. The SMILES string of the molecule is Brc1ccc(C2OCCO2)cc1.CC1=CC(Nc2cc(C)nc(-c3ccc(N4CC5CC(C4)N5)nc3)n2)=NC1.Cc1cn[nH]c1.Cc1cnn(-c2ccc(C3OCCO3)cc2)c1.Cc1cnn(-c2ccc(C=O)cc2)c1.Cc1cnn(-c2ccc(CN3C4CC3CN(c3ccc(-c5nc(C)cc(Cc6cc(C)[nH]n6)n5)cn3)C4)cc2)c1. The van der Waals surface area contributed by atoms with Crippen LogP contribution in [0.2, 0.25) is 0 Å². The molecule has 4 N–H and O–H groups in total. The van der Waals surface area contributed by atoms with Gasteiger partial charge < -0.3 is 39.4 Å². The second-order valence-electron chi connectivity index (χ2n) is 30.0. The summed E-state index contributed by atoms with van der Waals surface area (Å²) in [5.74, 6) is 5.05. The van der Waals surface area contributed by atoms with Crippen molar-refractivity contribution >= 4 is 45.5 Å². The van der Waals surface area contributed by atoms with E-state index in [4.69, 9.17) is 28.9 Å². The minimum atomic E-state index is -0.205. The first kappa shape index (κ1) is 79.3. The third-order valence-corrected chi connectivity index (χ3v) is 20.9. The molecule has 594 valence electrons. The summed E-state index contributed by atoms with van der Waals surface area (Å²) in [6.45, 7) is 24.7. The Labute approximate surface area is 682 Å². The number of aromatic nitrogens is 16. The van der Waals surface area contributed by atoms with Gasteiger partial charge in [-0.15, -0.1) is 0 Å². The molecule has 0 radical (unpaired) electrons. The van der Waals surface area contributed by atoms with Crippen molar-refractivity contribution < 1.29 is 23.7 Å². The maximum atomic E-state index is 10.4. The molecule has 9 aliphatic heterocycles. The number of carbonyl (C=O) groups is 1. The molecule has 22 rings (SSSR count). The highest BCUT2D eigenvalue weighted by Crippen LogP contribution is 2.37. The molecule has 9 aliphatic rings. The number of anilines is 3. The summed E-state index contributed by atoms with van der Waals surface area (Å²) < 4.78 is 28.2. The van der Waals surface area contributed by atoms with Crippen LogP contribution in [0.1, 0.15) is 110 Å². The van der Waals surface area contributed by atoms with Gasteiger partial charge in [-0.2, -0.15) is 25.5 Å². The monoisotopic (exact) mass is 1620 g/mol. The van der Waals surface area contributed by atoms with Crippen LogP contribution in [0, 0.1) is 48.5 Å². The zero-order valence-electron chi connectivity index (χ0n) is 66.3. The maximum Gasteiger partial charge on any atom is 0.184 e. The highest BCUT2D eigenvalue weighted by atomic mass is 79.9. The van der Waals surface area contributed by atoms with Gasteiger partial charge in [0.15, 0.2) is 24.2 Å². The molecule has 8 fully saturated rings. The van der Waals surface area contributed by atoms with Gasteiger partial charge in [0.2, 0.25) is 0 Å². The summed E-state index contributed by atoms with van der Waals surface area (Å²) >= 11 is 3.37. The minimum Gasteiger partial charge on any atom is -0.353 e. The molecule has 8 saturated heterocycles. The van der Waals surface area contributed by atoms with E-state index >= 15 is 0 Å². The van der Waals surface area contributed by atoms with Crippen LogP contribution in [0.4, 0.5) is 17.5 Å². The van der Waals surface area contributed by atoms with Gasteiger partial charge in [-0.3, -0.25) is 24.9 Å². The maximum absolute atomic E-state index is 10.4. The third kappa shape index (κ3) is 20.8. The van der Waals surface area contributed by atoms with Crippen LogP contribution in [0.5, 0.6) is 0 Å². The van der Waals surface area contributed by atoms with Crippen LogP contribution < -0.4 is 20.4 Å². The number of H-pyrrole nitrogens is 2. The molecule has 28 heteroatoms. The number of amidine groups is 1. The minimum absolute atomic E-state index is 0.155. The van der Waals surface area contributed by atoms with Crippen LogP contribution >= 0.6 is 15.9 Å². The lowest BCUT2D eigenvalue weighted by Gasteiger charge is -2.56. The number of nitrogens with one attached hydrogen (secondary N) is 4. The number of ether oxygens (including phenoxy) is 4. The number of pyridine rings is 2. The smallest absolute Gasteiger partial charge is 0.184 e. The lowest BCUT2D eigenvalue weighted by Crippen LogP contribution is -2.68. The number of halogens is 1. The Morgan fingerprint density at radius 2 is 1.05 bits per heavy atom. The van der Waals surface area contributed by atoms with Crippen LogP contribution in [0.25, 0.3) is 39.8 Å². The van der Waals surface area contributed by atoms with Gasteiger partial charge in [0.1, 0.15) is 29.6 Å². The van der Waals surface area contributed by atoms with Crippen molar-refractivity contribution in [2.24, 2.45) is 4.99 Å². The van der Waals surface area contributed by atoms with Crippen molar-refractivity contribution in [3.8, 4) is 39.8 Å². The fraction of sp³-hybridized carbons (Fsp3) is 0.307. The van der Waals surface area contributed by atoms with Crippen molar-refractivity contribution in [1.82, 2.24) is 89.9 Å². The first-order chi connectivity index (χ1) is 56.5. The fourth-order valence-corrected chi connectivity index (χ4v) is 14.8. The number of hydrogen-bond donors (Lipinski definition) is 4. The summed E-state index contributed by atoms with van der Waals surface area (Å²) in [5, 5.41) is 33.4. The molecule has 116 heavy (non-hydrogen) atoms. The van der Waals surface area contributed by atoms with Gasteiger partial charge in [0, 0.05) is 156 Å². The number of rotatable bonds is 15. The van der Waals surface area contributed by atoms with Gasteiger partial charge in [-0.25, -0.2) is 43.9 Å². The van der Waals surface area contributed by atoms with Gasteiger partial charge in [0.25, 0.3) is 0 Å². The topological polar surface area (TPSA) is 288 Å².